The van der Waals surface area contributed by atoms with Gasteiger partial charge in [0.2, 0.25) is 11.5 Å². The number of alkyl halides is 3. The second-order valence-electron chi connectivity index (χ2n) is 6.51. The lowest BCUT2D eigenvalue weighted by Gasteiger charge is -2.30. The number of ketones is 1. The van der Waals surface area contributed by atoms with Crippen molar-refractivity contribution in [2.75, 3.05) is 6.61 Å². The number of hydrogen-bond donors (Lipinski definition) is 1. The van der Waals surface area contributed by atoms with E-state index in [0.29, 0.717) is 24.8 Å². The Bertz CT molecular complexity index is 744. The Hall–Kier alpha value is -2.40. The van der Waals surface area contributed by atoms with Crippen molar-refractivity contribution in [3.8, 4) is 6.07 Å². The molecule has 1 aliphatic carbocycles. The molecular formula is C18H17F3N2O3. The molecule has 3 rings (SSSR count). The molecule has 0 spiro atoms. The number of rotatable bonds is 3. The van der Waals surface area contributed by atoms with Gasteiger partial charge in [-0.15, -0.1) is 0 Å². The molecular weight excluding hydrogens is 349 g/mol. The molecule has 0 bridgehead atoms. The number of halogens is 3. The standard InChI is InChI=1S/C18H17F3N2O3/c19-18(20,21)10-25-16(23)17(9-22)15(11-5-2-1-3-6-11)14-12(24)7-4-8-13(14)26-17/h1-3,5-6,13-15,23H,4,7-8,10H2. The summed E-state index contributed by atoms with van der Waals surface area (Å²) in [6.45, 7) is -1.69. The SMILES string of the molecule is N#CC1(C(=N)OCC(F)(F)F)OC2CCCC(=O)C2C1c1ccccc1. The lowest BCUT2D eigenvalue weighted by molar-refractivity contribution is -0.159. The Balaban J connectivity index is 2.02. The van der Waals surface area contributed by atoms with E-state index in [-0.39, 0.29) is 5.78 Å². The summed E-state index contributed by atoms with van der Waals surface area (Å²) in [5.74, 6) is -2.57. The zero-order chi connectivity index (χ0) is 18.9. The highest BCUT2D eigenvalue weighted by Gasteiger charge is 2.62. The molecule has 1 aromatic carbocycles. The third-order valence-electron chi connectivity index (χ3n) is 4.86. The van der Waals surface area contributed by atoms with Gasteiger partial charge in [0, 0.05) is 12.3 Å². The fraction of sp³-hybridized carbons (Fsp3) is 0.500. The molecule has 1 heterocycles. The molecule has 2 fully saturated rings. The molecule has 2 aliphatic rings. The van der Waals surface area contributed by atoms with E-state index in [2.05, 4.69) is 4.74 Å². The van der Waals surface area contributed by atoms with Crippen molar-refractivity contribution in [1.29, 1.82) is 10.7 Å². The number of carbonyl (C=O) groups is 1. The lowest BCUT2D eigenvalue weighted by Crippen LogP contribution is -2.45. The first-order valence-electron chi connectivity index (χ1n) is 8.24. The second kappa shape index (κ2) is 6.72. The van der Waals surface area contributed by atoms with E-state index in [1.54, 1.807) is 30.3 Å². The van der Waals surface area contributed by atoms with Gasteiger partial charge >= 0.3 is 6.18 Å². The van der Waals surface area contributed by atoms with Crippen LogP contribution < -0.4 is 0 Å². The van der Waals surface area contributed by atoms with Crippen LogP contribution in [-0.4, -0.2) is 36.2 Å². The summed E-state index contributed by atoms with van der Waals surface area (Å²) in [6, 6.07) is 10.4. The normalized spacial score (nSPS) is 31.2. The van der Waals surface area contributed by atoms with Crippen molar-refractivity contribution in [3.05, 3.63) is 35.9 Å². The van der Waals surface area contributed by atoms with Crippen molar-refractivity contribution in [3.63, 3.8) is 0 Å². The van der Waals surface area contributed by atoms with E-state index < -0.39 is 42.2 Å². The number of Topliss-reactive ketones (excluding diaryl/α,β-unsaturated/α-hetero) is 1. The number of nitrogens with one attached hydrogen (secondary N) is 1. The first-order valence-corrected chi connectivity index (χ1v) is 8.24. The predicted molar refractivity (Wildman–Crippen MR) is 84.5 cm³/mol. The van der Waals surface area contributed by atoms with Gasteiger partial charge in [0.05, 0.1) is 12.0 Å². The van der Waals surface area contributed by atoms with Gasteiger partial charge in [0.1, 0.15) is 11.9 Å². The van der Waals surface area contributed by atoms with Gasteiger partial charge in [-0.3, -0.25) is 10.2 Å². The van der Waals surface area contributed by atoms with E-state index in [1.807, 2.05) is 6.07 Å². The summed E-state index contributed by atoms with van der Waals surface area (Å²) in [5.41, 5.74) is -1.49. The summed E-state index contributed by atoms with van der Waals surface area (Å²) < 4.78 is 47.9. The van der Waals surface area contributed by atoms with Crippen LogP contribution >= 0.6 is 0 Å². The molecule has 4 atom stereocenters. The van der Waals surface area contributed by atoms with Gasteiger partial charge in [-0.05, 0) is 18.4 Å². The molecule has 1 aliphatic heterocycles. The third-order valence-corrected chi connectivity index (χ3v) is 4.86. The molecule has 1 saturated heterocycles. The number of benzene rings is 1. The van der Waals surface area contributed by atoms with Crippen molar-refractivity contribution < 1.29 is 27.4 Å². The predicted octanol–water partition coefficient (Wildman–Crippen LogP) is 3.36. The maximum atomic E-state index is 12.5. The molecule has 0 amide bonds. The molecule has 4 unspecified atom stereocenters. The molecule has 138 valence electrons. The largest absolute Gasteiger partial charge is 0.469 e. The van der Waals surface area contributed by atoms with Gasteiger partial charge in [0.25, 0.3) is 0 Å². The highest BCUT2D eigenvalue weighted by atomic mass is 19.4. The monoisotopic (exact) mass is 366 g/mol. The average molecular weight is 366 g/mol. The maximum absolute atomic E-state index is 12.5. The Morgan fingerprint density at radius 2 is 2.08 bits per heavy atom. The van der Waals surface area contributed by atoms with Crippen LogP contribution in [0.4, 0.5) is 13.2 Å². The van der Waals surface area contributed by atoms with Crippen LogP contribution in [0.3, 0.4) is 0 Å². The molecule has 5 nitrogen and oxygen atoms in total. The van der Waals surface area contributed by atoms with E-state index >= 15 is 0 Å². The Morgan fingerprint density at radius 3 is 2.69 bits per heavy atom. The summed E-state index contributed by atoms with van der Waals surface area (Å²) in [5, 5.41) is 17.8. The lowest BCUT2D eigenvalue weighted by atomic mass is 9.70. The second-order valence-corrected chi connectivity index (χ2v) is 6.51. The van der Waals surface area contributed by atoms with E-state index in [0.717, 1.165) is 0 Å². The van der Waals surface area contributed by atoms with Gasteiger partial charge < -0.3 is 9.47 Å². The number of nitriles is 1. The fourth-order valence-electron chi connectivity index (χ4n) is 3.83. The molecule has 1 saturated carbocycles. The van der Waals surface area contributed by atoms with E-state index in [4.69, 9.17) is 10.1 Å². The van der Waals surface area contributed by atoms with Crippen molar-refractivity contribution in [2.24, 2.45) is 5.92 Å². The minimum absolute atomic E-state index is 0.101. The quantitative estimate of drug-likeness (QED) is 0.657. The topological polar surface area (TPSA) is 83.2 Å². The molecule has 0 radical (unpaired) electrons. The molecule has 1 N–H and O–H groups in total. The van der Waals surface area contributed by atoms with Gasteiger partial charge in [0.15, 0.2) is 6.61 Å². The van der Waals surface area contributed by atoms with Gasteiger partial charge in [-0.2, -0.15) is 18.4 Å². The third kappa shape index (κ3) is 3.19. The zero-order valence-electron chi connectivity index (χ0n) is 13.8. The Kier molecular flexibility index (Phi) is 4.76. The first kappa shape index (κ1) is 18.4. The van der Waals surface area contributed by atoms with Crippen molar-refractivity contribution in [2.45, 2.75) is 43.1 Å². The number of hydrogen-bond acceptors (Lipinski definition) is 5. The summed E-state index contributed by atoms with van der Waals surface area (Å²) in [7, 11) is 0. The van der Waals surface area contributed by atoms with Crippen LogP contribution in [0, 0.1) is 22.7 Å². The smallest absolute Gasteiger partial charge is 0.422 e. The Labute approximate surface area is 148 Å². The van der Waals surface area contributed by atoms with E-state index in [9.17, 15) is 23.2 Å². The summed E-state index contributed by atoms with van der Waals surface area (Å²) in [6.07, 6.45) is -3.84. The number of nitrogens with zero attached hydrogens (tertiary/aromatic N) is 1. The van der Waals surface area contributed by atoms with Crippen molar-refractivity contribution >= 4 is 11.7 Å². The minimum Gasteiger partial charge on any atom is -0.469 e. The van der Waals surface area contributed by atoms with Crippen LogP contribution in [0.25, 0.3) is 0 Å². The minimum atomic E-state index is -4.65. The Morgan fingerprint density at radius 1 is 1.38 bits per heavy atom. The van der Waals surface area contributed by atoms with Crippen LogP contribution in [0.15, 0.2) is 30.3 Å². The van der Waals surface area contributed by atoms with E-state index in [1.165, 1.54) is 0 Å². The van der Waals surface area contributed by atoms with Gasteiger partial charge in [-0.1, -0.05) is 30.3 Å². The zero-order valence-corrected chi connectivity index (χ0v) is 13.8. The number of ether oxygens (including phenoxy) is 2. The molecule has 8 heteroatoms. The highest BCUT2D eigenvalue weighted by Crippen LogP contribution is 2.51. The fourth-order valence-corrected chi connectivity index (χ4v) is 3.83. The van der Waals surface area contributed by atoms with Crippen LogP contribution in [0.5, 0.6) is 0 Å². The maximum Gasteiger partial charge on any atom is 0.422 e. The van der Waals surface area contributed by atoms with Crippen molar-refractivity contribution in [1.82, 2.24) is 0 Å². The summed E-state index contributed by atoms with van der Waals surface area (Å²) in [4.78, 5) is 12.5. The first-order chi connectivity index (χ1) is 12.3. The highest BCUT2D eigenvalue weighted by molar-refractivity contribution is 5.92. The molecule has 26 heavy (non-hydrogen) atoms. The van der Waals surface area contributed by atoms with Crippen LogP contribution in [0.2, 0.25) is 0 Å². The number of carbonyl (C=O) groups excluding carboxylic acids is 1. The average Bonchev–Trinajstić information content (AvgIpc) is 2.96. The van der Waals surface area contributed by atoms with Gasteiger partial charge in [-0.25, -0.2) is 0 Å². The summed E-state index contributed by atoms with van der Waals surface area (Å²) >= 11 is 0. The molecule has 1 aromatic rings. The van der Waals surface area contributed by atoms with Crippen LogP contribution in [0.1, 0.15) is 30.7 Å². The molecule has 0 aromatic heterocycles. The van der Waals surface area contributed by atoms with Crippen LogP contribution in [-0.2, 0) is 14.3 Å². The number of fused-ring (bicyclic) bond motifs is 1.